The number of rotatable bonds is 4. The molecule has 0 spiro atoms. The summed E-state index contributed by atoms with van der Waals surface area (Å²) in [5.41, 5.74) is 7.26. The van der Waals surface area contributed by atoms with Crippen molar-refractivity contribution in [1.82, 2.24) is 5.32 Å². The van der Waals surface area contributed by atoms with Crippen LogP contribution in [0.1, 0.15) is 15.9 Å². The summed E-state index contributed by atoms with van der Waals surface area (Å²) in [5, 5.41) is 21.4. The van der Waals surface area contributed by atoms with Crippen LogP contribution in [-0.4, -0.2) is 23.2 Å². The maximum absolute atomic E-state index is 11.9. The summed E-state index contributed by atoms with van der Waals surface area (Å²) in [6.45, 7) is 0.267. The van der Waals surface area contributed by atoms with Crippen LogP contribution < -0.4 is 15.8 Å². The van der Waals surface area contributed by atoms with Gasteiger partial charge in [-0.15, -0.1) is 0 Å². The van der Waals surface area contributed by atoms with Gasteiger partial charge >= 0.3 is 0 Å². The largest absolute Gasteiger partial charge is 0.508 e. The molecule has 6 heteroatoms. The SMILES string of the molecule is COc1ccc(CNC(=O)c2cc(O)cc(O)c2)cc1N. The highest BCUT2D eigenvalue weighted by Crippen LogP contribution is 2.22. The monoisotopic (exact) mass is 288 g/mol. The minimum atomic E-state index is -0.407. The molecular formula is C15H16N2O4. The van der Waals surface area contributed by atoms with Gasteiger partial charge in [0, 0.05) is 18.2 Å². The van der Waals surface area contributed by atoms with Crippen molar-refractivity contribution in [3.63, 3.8) is 0 Å². The Bertz CT molecular complexity index is 650. The summed E-state index contributed by atoms with van der Waals surface area (Å²) in [6, 6.07) is 8.92. The number of benzene rings is 2. The fourth-order valence-corrected chi connectivity index (χ4v) is 1.90. The quantitative estimate of drug-likeness (QED) is 0.640. The fraction of sp³-hybridized carbons (Fsp3) is 0.133. The number of ether oxygens (including phenoxy) is 1. The smallest absolute Gasteiger partial charge is 0.251 e. The molecule has 0 aliphatic carbocycles. The number of amides is 1. The van der Waals surface area contributed by atoms with Gasteiger partial charge in [0.1, 0.15) is 17.2 Å². The number of nitrogens with two attached hydrogens (primary N) is 1. The van der Waals surface area contributed by atoms with Crippen molar-refractivity contribution in [2.24, 2.45) is 0 Å². The first-order valence-corrected chi connectivity index (χ1v) is 6.23. The van der Waals surface area contributed by atoms with Crippen LogP contribution in [0.3, 0.4) is 0 Å². The standard InChI is InChI=1S/C15H16N2O4/c1-21-14-3-2-9(4-13(14)16)8-17-15(20)10-5-11(18)7-12(19)6-10/h2-7,18-19H,8,16H2,1H3,(H,17,20). The molecule has 0 fully saturated rings. The lowest BCUT2D eigenvalue weighted by Crippen LogP contribution is -2.22. The van der Waals surface area contributed by atoms with Gasteiger partial charge in [-0.05, 0) is 29.8 Å². The summed E-state index contributed by atoms with van der Waals surface area (Å²) < 4.78 is 5.05. The Morgan fingerprint density at radius 2 is 1.86 bits per heavy atom. The van der Waals surface area contributed by atoms with Gasteiger partial charge in [0.25, 0.3) is 5.91 Å². The number of nitrogen functional groups attached to an aromatic ring is 1. The number of aromatic hydroxyl groups is 2. The maximum Gasteiger partial charge on any atom is 0.251 e. The second kappa shape index (κ2) is 6.04. The molecule has 5 N–H and O–H groups in total. The molecule has 0 atom stereocenters. The van der Waals surface area contributed by atoms with Crippen LogP contribution in [0.15, 0.2) is 36.4 Å². The number of carbonyl (C=O) groups excluding carboxylic acids is 1. The number of hydrogen-bond donors (Lipinski definition) is 4. The van der Waals surface area contributed by atoms with E-state index < -0.39 is 5.91 Å². The summed E-state index contributed by atoms with van der Waals surface area (Å²) in [4.78, 5) is 11.9. The molecule has 0 heterocycles. The highest BCUT2D eigenvalue weighted by Gasteiger charge is 2.09. The first-order valence-electron chi connectivity index (χ1n) is 6.23. The van der Waals surface area contributed by atoms with Gasteiger partial charge in [-0.2, -0.15) is 0 Å². The van der Waals surface area contributed by atoms with Gasteiger partial charge in [-0.1, -0.05) is 6.07 Å². The zero-order chi connectivity index (χ0) is 15.4. The molecule has 0 unspecified atom stereocenters. The first-order chi connectivity index (χ1) is 9.99. The van der Waals surface area contributed by atoms with Crippen molar-refractivity contribution < 1.29 is 19.7 Å². The zero-order valence-electron chi connectivity index (χ0n) is 11.5. The van der Waals surface area contributed by atoms with E-state index in [0.717, 1.165) is 11.6 Å². The maximum atomic E-state index is 11.9. The van der Waals surface area contributed by atoms with Crippen molar-refractivity contribution in [3.05, 3.63) is 47.5 Å². The Morgan fingerprint density at radius 1 is 1.19 bits per heavy atom. The molecule has 0 aliphatic rings. The van der Waals surface area contributed by atoms with Crippen LogP contribution in [0, 0.1) is 0 Å². The molecular weight excluding hydrogens is 272 g/mol. The highest BCUT2D eigenvalue weighted by atomic mass is 16.5. The first kappa shape index (κ1) is 14.5. The molecule has 0 aliphatic heterocycles. The zero-order valence-corrected chi connectivity index (χ0v) is 11.5. The van der Waals surface area contributed by atoms with E-state index in [-0.39, 0.29) is 23.6 Å². The summed E-state index contributed by atoms with van der Waals surface area (Å²) in [5.74, 6) is -0.179. The molecule has 2 aromatic carbocycles. The Labute approximate surface area is 121 Å². The molecule has 1 amide bonds. The average molecular weight is 288 g/mol. The van der Waals surface area contributed by atoms with Crippen LogP contribution in [0.2, 0.25) is 0 Å². The van der Waals surface area contributed by atoms with Gasteiger partial charge in [-0.3, -0.25) is 4.79 Å². The van der Waals surface area contributed by atoms with Crippen LogP contribution in [0.5, 0.6) is 17.2 Å². The lowest BCUT2D eigenvalue weighted by molar-refractivity contribution is 0.0950. The van der Waals surface area contributed by atoms with Crippen molar-refractivity contribution in [1.29, 1.82) is 0 Å². The van der Waals surface area contributed by atoms with Crippen LogP contribution in [-0.2, 0) is 6.54 Å². The molecule has 0 saturated heterocycles. The van der Waals surface area contributed by atoms with E-state index >= 15 is 0 Å². The van der Waals surface area contributed by atoms with Crippen LogP contribution in [0.4, 0.5) is 5.69 Å². The Balaban J connectivity index is 2.05. The summed E-state index contributed by atoms with van der Waals surface area (Å²) in [6.07, 6.45) is 0. The number of nitrogens with one attached hydrogen (secondary N) is 1. The van der Waals surface area contributed by atoms with Gasteiger partial charge < -0.3 is 26.0 Å². The number of hydrogen-bond acceptors (Lipinski definition) is 5. The van der Waals surface area contributed by atoms with Crippen molar-refractivity contribution >= 4 is 11.6 Å². The lowest BCUT2D eigenvalue weighted by atomic mass is 10.1. The minimum Gasteiger partial charge on any atom is -0.508 e. The van der Waals surface area contributed by atoms with Crippen LogP contribution in [0.25, 0.3) is 0 Å². The number of methoxy groups -OCH3 is 1. The minimum absolute atomic E-state index is 0.172. The predicted molar refractivity (Wildman–Crippen MR) is 78.3 cm³/mol. The molecule has 2 aromatic rings. The van der Waals surface area contributed by atoms with E-state index in [1.807, 2.05) is 0 Å². The van der Waals surface area contributed by atoms with E-state index in [1.54, 1.807) is 18.2 Å². The third kappa shape index (κ3) is 3.56. The van der Waals surface area contributed by atoms with Gasteiger partial charge in [0.15, 0.2) is 0 Å². The van der Waals surface area contributed by atoms with Crippen molar-refractivity contribution in [2.75, 3.05) is 12.8 Å². The molecule has 0 radical (unpaired) electrons. The number of phenols is 2. The fourth-order valence-electron chi connectivity index (χ4n) is 1.90. The Kier molecular flexibility index (Phi) is 4.18. The summed E-state index contributed by atoms with van der Waals surface area (Å²) >= 11 is 0. The van der Waals surface area contributed by atoms with Gasteiger partial charge in [-0.25, -0.2) is 0 Å². The molecule has 21 heavy (non-hydrogen) atoms. The summed E-state index contributed by atoms with van der Waals surface area (Å²) in [7, 11) is 1.53. The molecule has 2 rings (SSSR count). The highest BCUT2D eigenvalue weighted by molar-refractivity contribution is 5.95. The van der Waals surface area contributed by atoms with Gasteiger partial charge in [0.2, 0.25) is 0 Å². The van der Waals surface area contributed by atoms with Crippen molar-refractivity contribution in [3.8, 4) is 17.2 Å². The van der Waals surface area contributed by atoms with E-state index in [4.69, 9.17) is 10.5 Å². The molecule has 0 bridgehead atoms. The Morgan fingerprint density at radius 3 is 2.43 bits per heavy atom. The molecule has 0 saturated carbocycles. The average Bonchev–Trinajstić information content (AvgIpc) is 2.43. The second-order valence-corrected chi connectivity index (χ2v) is 4.50. The number of phenolic OH excluding ortho intramolecular Hbond substituents is 2. The molecule has 6 nitrogen and oxygen atoms in total. The van der Waals surface area contributed by atoms with E-state index in [9.17, 15) is 15.0 Å². The Hall–Kier alpha value is -2.89. The lowest BCUT2D eigenvalue weighted by Gasteiger charge is -2.09. The van der Waals surface area contributed by atoms with Gasteiger partial charge in [0.05, 0.1) is 12.8 Å². The van der Waals surface area contributed by atoms with E-state index in [0.29, 0.717) is 11.4 Å². The molecule has 0 aromatic heterocycles. The third-order valence-electron chi connectivity index (χ3n) is 2.91. The van der Waals surface area contributed by atoms with Crippen LogP contribution >= 0.6 is 0 Å². The van der Waals surface area contributed by atoms with E-state index in [2.05, 4.69) is 5.32 Å². The second-order valence-electron chi connectivity index (χ2n) is 4.50. The normalized spacial score (nSPS) is 10.1. The molecule has 110 valence electrons. The topological polar surface area (TPSA) is 105 Å². The third-order valence-corrected chi connectivity index (χ3v) is 2.91. The number of carbonyl (C=O) groups is 1. The number of anilines is 1. The van der Waals surface area contributed by atoms with Crippen molar-refractivity contribution in [2.45, 2.75) is 6.54 Å². The predicted octanol–water partition coefficient (Wildman–Crippen LogP) is 1.62. The van der Waals surface area contributed by atoms with E-state index in [1.165, 1.54) is 19.2 Å².